The number of piperazine rings is 1. The fourth-order valence-corrected chi connectivity index (χ4v) is 2.78. The van der Waals surface area contributed by atoms with E-state index < -0.39 is 0 Å². The Bertz CT molecular complexity index is 502. The molecule has 2 rings (SSSR count). The summed E-state index contributed by atoms with van der Waals surface area (Å²) in [4.78, 5) is 4.86. The minimum atomic E-state index is 0.635. The summed E-state index contributed by atoms with van der Waals surface area (Å²) in [5.41, 5.74) is 1.32. The largest absolute Gasteiger partial charge is 0.494 e. The molecule has 0 aliphatic carbocycles. The Kier molecular flexibility index (Phi) is 7.38. The Balaban J connectivity index is 1.76. The molecule has 0 spiro atoms. The number of ether oxygens (including phenoxy) is 1. The second-order valence-corrected chi connectivity index (χ2v) is 6.70. The normalized spacial score (nSPS) is 16.4. The van der Waals surface area contributed by atoms with Crippen molar-refractivity contribution in [2.75, 3.05) is 39.3 Å². The summed E-state index contributed by atoms with van der Waals surface area (Å²) in [6.07, 6.45) is 1.73. The van der Waals surface area contributed by atoms with Crippen LogP contribution in [0.2, 0.25) is 0 Å². The molecule has 0 radical (unpaired) electrons. The third-order valence-corrected chi connectivity index (χ3v) is 4.27. The van der Waals surface area contributed by atoms with E-state index in [1.807, 2.05) is 6.07 Å². The summed E-state index contributed by atoms with van der Waals surface area (Å²) in [5.74, 6) is 1.66. The van der Waals surface area contributed by atoms with Gasteiger partial charge in [0.1, 0.15) is 5.75 Å². The number of hydrogen-bond acceptors (Lipinski definition) is 4. The minimum absolute atomic E-state index is 0.635. The highest BCUT2D eigenvalue weighted by Crippen LogP contribution is 2.16. The van der Waals surface area contributed by atoms with Gasteiger partial charge in [0.05, 0.1) is 12.7 Å². The average Bonchev–Trinajstić information content (AvgIpc) is 2.54. The molecule has 1 aliphatic heterocycles. The van der Waals surface area contributed by atoms with Crippen LogP contribution in [0.1, 0.15) is 32.3 Å². The second kappa shape index (κ2) is 9.54. The van der Waals surface area contributed by atoms with Crippen LogP contribution in [0.25, 0.3) is 0 Å². The summed E-state index contributed by atoms with van der Waals surface area (Å²) < 4.78 is 5.85. The summed E-state index contributed by atoms with van der Waals surface area (Å²) in [6.45, 7) is 11.4. The van der Waals surface area contributed by atoms with E-state index in [9.17, 15) is 0 Å². The van der Waals surface area contributed by atoms with Gasteiger partial charge in [0.15, 0.2) is 0 Å². The van der Waals surface area contributed by atoms with Crippen molar-refractivity contribution in [3.8, 4) is 11.8 Å². The number of hydrogen-bond donors (Lipinski definition) is 0. The average molecular weight is 315 g/mol. The van der Waals surface area contributed by atoms with Crippen molar-refractivity contribution < 1.29 is 4.74 Å². The second-order valence-electron chi connectivity index (χ2n) is 6.70. The number of nitriles is 1. The van der Waals surface area contributed by atoms with Gasteiger partial charge in [0.25, 0.3) is 0 Å². The molecule has 23 heavy (non-hydrogen) atoms. The molecule has 0 atom stereocenters. The van der Waals surface area contributed by atoms with Crippen LogP contribution in [-0.4, -0.2) is 49.1 Å². The van der Waals surface area contributed by atoms with E-state index in [2.05, 4.69) is 47.9 Å². The van der Waals surface area contributed by atoms with Crippen molar-refractivity contribution in [2.45, 2.75) is 33.2 Å². The summed E-state index contributed by atoms with van der Waals surface area (Å²) in [6, 6.07) is 10.7. The molecule has 4 heteroatoms. The van der Waals surface area contributed by atoms with Gasteiger partial charge >= 0.3 is 0 Å². The monoisotopic (exact) mass is 315 g/mol. The van der Waals surface area contributed by atoms with Crippen molar-refractivity contribution in [3.05, 3.63) is 29.8 Å². The number of benzene rings is 1. The lowest BCUT2D eigenvalue weighted by Crippen LogP contribution is -2.46. The molecule has 1 heterocycles. The van der Waals surface area contributed by atoms with Gasteiger partial charge in [-0.05, 0) is 30.0 Å². The Hall–Kier alpha value is -1.57. The summed E-state index contributed by atoms with van der Waals surface area (Å²) in [7, 11) is 0. The molecule has 0 unspecified atom stereocenters. The van der Waals surface area contributed by atoms with Crippen LogP contribution in [0.15, 0.2) is 24.3 Å². The fraction of sp³-hybridized carbons (Fsp3) is 0.632. The maximum atomic E-state index is 8.66. The van der Waals surface area contributed by atoms with Gasteiger partial charge in [-0.15, -0.1) is 0 Å². The highest BCUT2D eigenvalue weighted by molar-refractivity contribution is 5.28. The SMILES string of the molecule is CC(C)CCOc1cccc(CN2CCN(CCC#N)CC2)c1. The summed E-state index contributed by atoms with van der Waals surface area (Å²) in [5, 5.41) is 8.66. The van der Waals surface area contributed by atoms with E-state index >= 15 is 0 Å². The van der Waals surface area contributed by atoms with E-state index in [-0.39, 0.29) is 0 Å². The zero-order valence-electron chi connectivity index (χ0n) is 14.5. The van der Waals surface area contributed by atoms with Gasteiger partial charge in [0.2, 0.25) is 0 Å². The molecule has 1 aliphatic rings. The topological polar surface area (TPSA) is 39.5 Å². The van der Waals surface area contributed by atoms with Crippen LogP contribution in [0.3, 0.4) is 0 Å². The fourth-order valence-electron chi connectivity index (χ4n) is 2.78. The highest BCUT2D eigenvalue weighted by Gasteiger charge is 2.16. The van der Waals surface area contributed by atoms with Crippen LogP contribution >= 0.6 is 0 Å². The van der Waals surface area contributed by atoms with Gasteiger partial charge in [0, 0.05) is 45.7 Å². The van der Waals surface area contributed by atoms with Gasteiger partial charge in [-0.2, -0.15) is 5.26 Å². The molecule has 0 bridgehead atoms. The predicted octanol–water partition coefficient (Wildman–Crippen LogP) is 3.14. The van der Waals surface area contributed by atoms with Crippen LogP contribution in [0, 0.1) is 17.2 Å². The first-order chi connectivity index (χ1) is 11.2. The van der Waals surface area contributed by atoms with Crippen molar-refractivity contribution >= 4 is 0 Å². The molecular formula is C19H29N3O. The van der Waals surface area contributed by atoms with E-state index in [0.29, 0.717) is 12.3 Å². The molecule has 0 amide bonds. The van der Waals surface area contributed by atoms with E-state index in [1.54, 1.807) is 0 Å². The Morgan fingerprint density at radius 1 is 1.17 bits per heavy atom. The Labute approximate surface area is 140 Å². The van der Waals surface area contributed by atoms with Gasteiger partial charge in [-0.3, -0.25) is 9.80 Å². The Morgan fingerprint density at radius 3 is 2.61 bits per heavy atom. The standard InChI is InChI=1S/C19H29N3O/c1-17(2)7-14-23-19-6-3-5-18(15-19)16-22-12-10-21(11-13-22)9-4-8-20/h3,5-6,15,17H,4,7,9-14,16H2,1-2H3. The molecule has 126 valence electrons. The molecule has 1 aromatic carbocycles. The van der Waals surface area contributed by atoms with E-state index in [0.717, 1.165) is 58.0 Å². The number of nitrogens with zero attached hydrogens (tertiary/aromatic N) is 3. The quantitative estimate of drug-likeness (QED) is 0.739. The summed E-state index contributed by atoms with van der Waals surface area (Å²) >= 11 is 0. The molecule has 1 fully saturated rings. The van der Waals surface area contributed by atoms with Crippen LogP contribution in [0.5, 0.6) is 5.75 Å². The van der Waals surface area contributed by atoms with Gasteiger partial charge in [-0.1, -0.05) is 26.0 Å². The van der Waals surface area contributed by atoms with Gasteiger partial charge in [-0.25, -0.2) is 0 Å². The van der Waals surface area contributed by atoms with Crippen molar-refractivity contribution in [1.82, 2.24) is 9.80 Å². The molecular weight excluding hydrogens is 286 g/mol. The third-order valence-electron chi connectivity index (χ3n) is 4.27. The van der Waals surface area contributed by atoms with Crippen LogP contribution < -0.4 is 4.74 Å². The first kappa shape index (κ1) is 17.8. The lowest BCUT2D eigenvalue weighted by molar-refractivity contribution is 0.129. The lowest BCUT2D eigenvalue weighted by atomic mass is 10.1. The van der Waals surface area contributed by atoms with E-state index in [1.165, 1.54) is 5.56 Å². The molecule has 1 aromatic rings. The molecule has 0 saturated carbocycles. The van der Waals surface area contributed by atoms with Gasteiger partial charge < -0.3 is 4.74 Å². The maximum absolute atomic E-state index is 8.66. The minimum Gasteiger partial charge on any atom is -0.494 e. The molecule has 1 saturated heterocycles. The first-order valence-corrected chi connectivity index (χ1v) is 8.71. The van der Waals surface area contributed by atoms with Crippen LogP contribution in [0.4, 0.5) is 0 Å². The highest BCUT2D eigenvalue weighted by atomic mass is 16.5. The predicted molar refractivity (Wildman–Crippen MR) is 93.3 cm³/mol. The maximum Gasteiger partial charge on any atom is 0.119 e. The van der Waals surface area contributed by atoms with E-state index in [4.69, 9.17) is 10.00 Å². The number of rotatable bonds is 8. The van der Waals surface area contributed by atoms with Crippen molar-refractivity contribution in [1.29, 1.82) is 5.26 Å². The first-order valence-electron chi connectivity index (χ1n) is 8.71. The molecule has 4 nitrogen and oxygen atoms in total. The van der Waals surface area contributed by atoms with Crippen LogP contribution in [-0.2, 0) is 6.54 Å². The zero-order chi connectivity index (χ0) is 16.5. The Morgan fingerprint density at radius 2 is 1.91 bits per heavy atom. The zero-order valence-corrected chi connectivity index (χ0v) is 14.5. The smallest absolute Gasteiger partial charge is 0.119 e. The van der Waals surface area contributed by atoms with Crippen molar-refractivity contribution in [3.63, 3.8) is 0 Å². The molecule has 0 N–H and O–H groups in total. The molecule has 0 aromatic heterocycles. The van der Waals surface area contributed by atoms with Crippen molar-refractivity contribution in [2.24, 2.45) is 5.92 Å². The lowest BCUT2D eigenvalue weighted by Gasteiger charge is -2.34. The third kappa shape index (κ3) is 6.60.